The molecular formula is C7H10N2O4S2. The third-order valence-corrected chi connectivity index (χ3v) is 3.11. The fourth-order valence-electron chi connectivity index (χ4n) is 0.867. The predicted octanol–water partition coefficient (Wildman–Crippen LogP) is -0.0670. The van der Waals surface area contributed by atoms with E-state index in [-0.39, 0.29) is 12.2 Å². The van der Waals surface area contributed by atoms with Crippen LogP contribution in [0.5, 0.6) is 0 Å². The molecule has 1 aromatic heterocycles. The van der Waals surface area contributed by atoms with Crippen LogP contribution in [0.1, 0.15) is 15.5 Å². The number of rotatable bonds is 5. The molecule has 1 heterocycles. The molecule has 0 saturated heterocycles. The van der Waals surface area contributed by atoms with Gasteiger partial charge in [0, 0.05) is 18.3 Å². The summed E-state index contributed by atoms with van der Waals surface area (Å²) in [6.45, 7) is 0.228. The van der Waals surface area contributed by atoms with Crippen LogP contribution < -0.4 is 4.72 Å². The number of carboxylic acid groups (broad SMARTS) is 1. The highest BCUT2D eigenvalue weighted by Crippen LogP contribution is 2.09. The summed E-state index contributed by atoms with van der Waals surface area (Å²) >= 11 is 1.20. The van der Waals surface area contributed by atoms with Crippen LogP contribution >= 0.6 is 11.3 Å². The van der Waals surface area contributed by atoms with E-state index in [0.29, 0.717) is 11.4 Å². The Morgan fingerprint density at radius 2 is 2.33 bits per heavy atom. The minimum Gasteiger partial charge on any atom is -0.476 e. The molecule has 6 nitrogen and oxygen atoms in total. The molecule has 0 aliphatic carbocycles. The van der Waals surface area contributed by atoms with Gasteiger partial charge >= 0.3 is 5.97 Å². The Bertz CT molecular complexity index is 451. The molecule has 0 aliphatic rings. The quantitative estimate of drug-likeness (QED) is 0.762. The zero-order valence-electron chi connectivity index (χ0n) is 7.93. The van der Waals surface area contributed by atoms with Gasteiger partial charge in [-0.2, -0.15) is 0 Å². The van der Waals surface area contributed by atoms with Gasteiger partial charge in [-0.1, -0.05) is 0 Å². The van der Waals surface area contributed by atoms with Crippen molar-refractivity contribution < 1.29 is 18.3 Å². The molecule has 0 aliphatic heterocycles. The summed E-state index contributed by atoms with van der Waals surface area (Å²) in [6.07, 6.45) is 1.46. The van der Waals surface area contributed by atoms with Gasteiger partial charge in [0.15, 0.2) is 5.69 Å². The number of nitrogens with zero attached hydrogens (tertiary/aromatic N) is 1. The van der Waals surface area contributed by atoms with Crippen LogP contribution in [-0.4, -0.2) is 37.3 Å². The maximum absolute atomic E-state index is 10.7. The summed E-state index contributed by atoms with van der Waals surface area (Å²) in [5.74, 6) is -1.08. The number of sulfonamides is 1. The van der Waals surface area contributed by atoms with Gasteiger partial charge < -0.3 is 5.11 Å². The summed E-state index contributed by atoms with van der Waals surface area (Å²) in [5, 5.41) is 10.6. The van der Waals surface area contributed by atoms with Crippen molar-refractivity contribution in [2.24, 2.45) is 0 Å². The standard InChI is InChI=1S/C7H10N2O4S2/c1-15(12,13)8-3-2-6-9-5(4-14-6)7(10)11/h4,8H,2-3H2,1H3,(H,10,11). The molecular weight excluding hydrogens is 240 g/mol. The Labute approximate surface area is 91.0 Å². The van der Waals surface area contributed by atoms with Crippen molar-refractivity contribution in [1.82, 2.24) is 9.71 Å². The molecule has 15 heavy (non-hydrogen) atoms. The van der Waals surface area contributed by atoms with E-state index in [1.54, 1.807) is 0 Å². The van der Waals surface area contributed by atoms with Gasteiger partial charge in [0.2, 0.25) is 10.0 Å². The monoisotopic (exact) mass is 250 g/mol. The van der Waals surface area contributed by atoms with Crippen molar-refractivity contribution in [1.29, 1.82) is 0 Å². The zero-order valence-corrected chi connectivity index (χ0v) is 9.56. The summed E-state index contributed by atoms with van der Waals surface area (Å²) in [7, 11) is -3.19. The molecule has 2 N–H and O–H groups in total. The van der Waals surface area contributed by atoms with E-state index in [9.17, 15) is 13.2 Å². The molecule has 0 spiro atoms. The number of aromatic nitrogens is 1. The van der Waals surface area contributed by atoms with Crippen LogP contribution in [0.3, 0.4) is 0 Å². The summed E-state index contributed by atoms with van der Waals surface area (Å²) < 4.78 is 23.7. The van der Waals surface area contributed by atoms with Crippen LogP contribution in [0.25, 0.3) is 0 Å². The van der Waals surface area contributed by atoms with Crippen molar-refractivity contribution in [3.8, 4) is 0 Å². The zero-order chi connectivity index (χ0) is 11.5. The van der Waals surface area contributed by atoms with Gasteiger partial charge in [0.25, 0.3) is 0 Å². The third kappa shape index (κ3) is 4.36. The van der Waals surface area contributed by atoms with E-state index in [1.807, 2.05) is 0 Å². The van der Waals surface area contributed by atoms with E-state index >= 15 is 0 Å². The molecule has 1 rings (SSSR count). The summed E-state index contributed by atoms with van der Waals surface area (Å²) in [6, 6.07) is 0. The van der Waals surface area contributed by atoms with Gasteiger partial charge in [0.1, 0.15) is 0 Å². The maximum atomic E-state index is 10.7. The SMILES string of the molecule is CS(=O)(=O)NCCc1nc(C(=O)O)cs1. The number of carboxylic acids is 1. The van der Waals surface area contributed by atoms with Crippen molar-refractivity contribution >= 4 is 27.3 Å². The lowest BCUT2D eigenvalue weighted by Crippen LogP contribution is -2.24. The van der Waals surface area contributed by atoms with Gasteiger partial charge in [0.05, 0.1) is 11.3 Å². The average molecular weight is 250 g/mol. The Kier molecular flexibility index (Phi) is 3.77. The molecule has 0 radical (unpaired) electrons. The fourth-order valence-corrected chi connectivity index (χ4v) is 2.11. The fraction of sp³-hybridized carbons (Fsp3) is 0.429. The molecule has 0 amide bonds. The molecule has 0 aromatic carbocycles. The number of aromatic carboxylic acids is 1. The second-order valence-electron chi connectivity index (χ2n) is 2.85. The molecule has 0 saturated carbocycles. The third-order valence-electron chi connectivity index (χ3n) is 1.47. The number of thiazole rings is 1. The number of hydrogen-bond acceptors (Lipinski definition) is 5. The first-order valence-corrected chi connectivity index (χ1v) is 6.78. The molecule has 0 bridgehead atoms. The van der Waals surface area contributed by atoms with E-state index in [0.717, 1.165) is 6.26 Å². The highest BCUT2D eigenvalue weighted by molar-refractivity contribution is 7.88. The second kappa shape index (κ2) is 4.69. The Morgan fingerprint density at radius 1 is 1.67 bits per heavy atom. The molecule has 0 unspecified atom stereocenters. The first-order valence-electron chi connectivity index (χ1n) is 4.01. The second-order valence-corrected chi connectivity index (χ2v) is 5.62. The topological polar surface area (TPSA) is 96.4 Å². The van der Waals surface area contributed by atoms with Crippen molar-refractivity contribution in [2.75, 3.05) is 12.8 Å². The van der Waals surface area contributed by atoms with Gasteiger partial charge in [-0.3, -0.25) is 0 Å². The van der Waals surface area contributed by atoms with E-state index in [2.05, 4.69) is 9.71 Å². The Morgan fingerprint density at radius 3 is 2.80 bits per heavy atom. The highest BCUT2D eigenvalue weighted by atomic mass is 32.2. The van der Waals surface area contributed by atoms with Crippen LogP contribution in [-0.2, 0) is 16.4 Å². The van der Waals surface area contributed by atoms with Crippen molar-refractivity contribution in [2.45, 2.75) is 6.42 Å². The molecule has 84 valence electrons. The Hall–Kier alpha value is -0.990. The highest BCUT2D eigenvalue weighted by Gasteiger charge is 2.08. The van der Waals surface area contributed by atoms with Crippen LogP contribution in [0.4, 0.5) is 0 Å². The lowest BCUT2D eigenvalue weighted by Gasteiger charge is -1.98. The number of carbonyl (C=O) groups is 1. The normalized spacial score (nSPS) is 11.5. The number of hydrogen-bond donors (Lipinski definition) is 2. The van der Waals surface area contributed by atoms with Crippen LogP contribution in [0.15, 0.2) is 5.38 Å². The smallest absolute Gasteiger partial charge is 0.355 e. The van der Waals surface area contributed by atoms with E-state index < -0.39 is 16.0 Å². The van der Waals surface area contributed by atoms with Crippen LogP contribution in [0, 0.1) is 0 Å². The van der Waals surface area contributed by atoms with Crippen molar-refractivity contribution in [3.63, 3.8) is 0 Å². The Balaban J connectivity index is 2.48. The lowest BCUT2D eigenvalue weighted by molar-refractivity contribution is 0.0691. The minimum absolute atomic E-state index is 0.00523. The first-order chi connectivity index (χ1) is 6.88. The molecule has 0 fully saturated rings. The largest absolute Gasteiger partial charge is 0.476 e. The van der Waals surface area contributed by atoms with Gasteiger partial charge in [-0.05, 0) is 0 Å². The first kappa shape index (κ1) is 12.1. The average Bonchev–Trinajstić information content (AvgIpc) is 2.50. The molecule has 0 atom stereocenters. The van der Waals surface area contributed by atoms with E-state index in [4.69, 9.17) is 5.11 Å². The van der Waals surface area contributed by atoms with Gasteiger partial charge in [-0.15, -0.1) is 11.3 Å². The molecule has 1 aromatic rings. The lowest BCUT2D eigenvalue weighted by atomic mass is 10.4. The van der Waals surface area contributed by atoms with Gasteiger partial charge in [-0.25, -0.2) is 22.9 Å². The number of nitrogens with one attached hydrogen (secondary N) is 1. The summed E-state index contributed by atoms with van der Waals surface area (Å²) in [4.78, 5) is 14.3. The maximum Gasteiger partial charge on any atom is 0.355 e. The predicted molar refractivity (Wildman–Crippen MR) is 55.6 cm³/mol. The van der Waals surface area contributed by atoms with E-state index in [1.165, 1.54) is 16.7 Å². The minimum atomic E-state index is -3.19. The molecule has 8 heteroatoms. The summed E-state index contributed by atoms with van der Waals surface area (Å²) in [5.41, 5.74) is -0.00523. The van der Waals surface area contributed by atoms with Crippen LogP contribution in [0.2, 0.25) is 0 Å². The van der Waals surface area contributed by atoms with Crippen molar-refractivity contribution in [3.05, 3.63) is 16.1 Å².